The molecule has 0 bridgehead atoms. The van der Waals surface area contributed by atoms with E-state index in [2.05, 4.69) is 10.0 Å². The molecule has 10 heteroatoms. The molecule has 2 N–H and O–H groups in total. The van der Waals surface area contributed by atoms with Crippen LogP contribution in [0.15, 0.2) is 41.3 Å². The second kappa shape index (κ2) is 9.57. The molecule has 0 heterocycles. The third kappa shape index (κ3) is 6.91. The monoisotopic (exact) mass is 426 g/mol. The summed E-state index contributed by atoms with van der Waals surface area (Å²) in [6, 6.07) is 7.59. The maximum Gasteiger partial charge on any atom is 0.307 e. The number of carbonyl (C=O) groups is 2. The van der Waals surface area contributed by atoms with Gasteiger partial charge in [0.15, 0.2) is 18.2 Å². The molecule has 0 aromatic heterocycles. The van der Waals surface area contributed by atoms with E-state index in [1.54, 1.807) is 12.1 Å². The zero-order valence-electron chi connectivity index (χ0n) is 15.8. The summed E-state index contributed by atoms with van der Waals surface area (Å²) in [4.78, 5) is 23.1. The van der Waals surface area contributed by atoms with E-state index in [4.69, 9.17) is 4.74 Å². The zero-order valence-corrected chi connectivity index (χ0v) is 16.6. The van der Waals surface area contributed by atoms with E-state index in [1.807, 2.05) is 19.9 Å². The second-order valence-corrected chi connectivity index (χ2v) is 8.08. The van der Waals surface area contributed by atoms with Crippen molar-refractivity contribution in [3.05, 3.63) is 59.2 Å². The van der Waals surface area contributed by atoms with E-state index < -0.39 is 45.0 Å². The number of hydrogen-bond acceptors (Lipinski definition) is 5. The predicted octanol–water partition coefficient (Wildman–Crippen LogP) is 2.43. The molecular formula is C19H20F2N2O5S. The van der Waals surface area contributed by atoms with Crippen LogP contribution in [-0.2, 0) is 24.3 Å². The number of hydrogen-bond donors (Lipinski definition) is 2. The fraction of sp³-hybridized carbons (Fsp3) is 0.263. The summed E-state index contributed by atoms with van der Waals surface area (Å²) in [5, 5.41) is 2.60. The fourth-order valence-corrected chi connectivity index (χ4v) is 3.52. The summed E-state index contributed by atoms with van der Waals surface area (Å²) in [7, 11) is -4.12. The highest BCUT2D eigenvalue weighted by molar-refractivity contribution is 7.89. The maximum absolute atomic E-state index is 13.2. The lowest BCUT2D eigenvalue weighted by molar-refractivity contribution is -0.147. The van der Waals surface area contributed by atoms with E-state index in [9.17, 15) is 26.8 Å². The molecule has 2 aromatic carbocycles. The Morgan fingerprint density at radius 3 is 2.28 bits per heavy atom. The number of rotatable bonds is 8. The second-order valence-electron chi connectivity index (χ2n) is 6.31. The Labute approximate surface area is 167 Å². The molecule has 2 aromatic rings. The van der Waals surface area contributed by atoms with Gasteiger partial charge in [0.05, 0.1) is 11.3 Å². The normalized spacial score (nSPS) is 11.2. The number of benzene rings is 2. The van der Waals surface area contributed by atoms with Crippen LogP contribution in [-0.4, -0.2) is 33.4 Å². The Kier molecular flexibility index (Phi) is 7.40. The van der Waals surface area contributed by atoms with E-state index in [1.165, 1.54) is 0 Å². The number of anilines is 1. The van der Waals surface area contributed by atoms with Crippen molar-refractivity contribution in [2.45, 2.75) is 25.2 Å². The van der Waals surface area contributed by atoms with Gasteiger partial charge >= 0.3 is 5.97 Å². The average molecular weight is 426 g/mol. The molecule has 2 rings (SSSR count). The first kappa shape index (κ1) is 22.4. The van der Waals surface area contributed by atoms with Gasteiger partial charge in [-0.05, 0) is 55.3 Å². The number of aryl methyl sites for hydroxylation is 2. The highest BCUT2D eigenvalue weighted by Gasteiger charge is 2.17. The van der Waals surface area contributed by atoms with Crippen LogP contribution in [0.5, 0.6) is 0 Å². The van der Waals surface area contributed by atoms with Gasteiger partial charge in [0.25, 0.3) is 5.91 Å². The lowest BCUT2D eigenvalue weighted by Gasteiger charge is -2.09. The Morgan fingerprint density at radius 2 is 1.66 bits per heavy atom. The minimum absolute atomic E-state index is 0.334. The first-order valence-electron chi connectivity index (χ1n) is 8.55. The van der Waals surface area contributed by atoms with Crippen LogP contribution in [0.1, 0.15) is 17.5 Å². The van der Waals surface area contributed by atoms with Crippen molar-refractivity contribution in [2.75, 3.05) is 18.5 Å². The van der Waals surface area contributed by atoms with Crippen LogP contribution in [0.25, 0.3) is 0 Å². The summed E-state index contributed by atoms with van der Waals surface area (Å²) in [5.41, 5.74) is 2.50. The number of carbonyl (C=O) groups excluding carboxylic acids is 2. The molecule has 0 saturated carbocycles. The fourth-order valence-electron chi connectivity index (χ4n) is 2.48. The Balaban J connectivity index is 1.77. The standard InChI is InChI=1S/C19H20F2N2O5S/c1-12-7-13(2)9-14(8-12)23-18(24)11-28-19(25)5-6-22-29(26,27)15-3-4-16(20)17(21)10-15/h3-4,7-10,22H,5-6,11H2,1-2H3,(H,23,24). The largest absolute Gasteiger partial charge is 0.456 e. The van der Waals surface area contributed by atoms with E-state index in [0.717, 1.165) is 17.2 Å². The predicted molar refractivity (Wildman–Crippen MR) is 102 cm³/mol. The number of ether oxygens (including phenoxy) is 1. The van der Waals surface area contributed by atoms with Crippen LogP contribution in [0, 0.1) is 25.5 Å². The van der Waals surface area contributed by atoms with Crippen LogP contribution in [0.4, 0.5) is 14.5 Å². The highest BCUT2D eigenvalue weighted by atomic mass is 32.2. The van der Waals surface area contributed by atoms with Crippen LogP contribution in [0.2, 0.25) is 0 Å². The summed E-state index contributed by atoms with van der Waals surface area (Å²) in [5.74, 6) is -3.81. The van der Waals surface area contributed by atoms with Gasteiger partial charge in [0.2, 0.25) is 10.0 Å². The van der Waals surface area contributed by atoms with Crippen molar-refractivity contribution in [1.29, 1.82) is 0 Å². The number of nitrogens with one attached hydrogen (secondary N) is 2. The number of halogens is 2. The van der Waals surface area contributed by atoms with Crippen molar-refractivity contribution in [3.8, 4) is 0 Å². The summed E-state index contributed by atoms with van der Waals surface area (Å²) in [6.07, 6.45) is -0.347. The third-order valence-corrected chi connectivity index (χ3v) is 5.15. The van der Waals surface area contributed by atoms with Crippen molar-refractivity contribution >= 4 is 27.6 Å². The molecule has 29 heavy (non-hydrogen) atoms. The van der Waals surface area contributed by atoms with Gasteiger partial charge in [-0.3, -0.25) is 9.59 Å². The van der Waals surface area contributed by atoms with Crippen molar-refractivity contribution in [1.82, 2.24) is 4.72 Å². The van der Waals surface area contributed by atoms with E-state index in [-0.39, 0.29) is 13.0 Å². The topological polar surface area (TPSA) is 102 Å². The van der Waals surface area contributed by atoms with Gasteiger partial charge < -0.3 is 10.1 Å². The summed E-state index contributed by atoms with van der Waals surface area (Å²) >= 11 is 0. The smallest absolute Gasteiger partial charge is 0.307 e. The molecule has 7 nitrogen and oxygen atoms in total. The number of esters is 1. The third-order valence-electron chi connectivity index (χ3n) is 3.69. The van der Waals surface area contributed by atoms with Crippen molar-refractivity contribution in [3.63, 3.8) is 0 Å². The van der Waals surface area contributed by atoms with Gasteiger partial charge in [0.1, 0.15) is 0 Å². The lowest BCUT2D eigenvalue weighted by atomic mass is 10.1. The molecule has 0 spiro atoms. The zero-order chi connectivity index (χ0) is 21.6. The average Bonchev–Trinajstić information content (AvgIpc) is 2.61. The Hall–Kier alpha value is -2.85. The first-order valence-corrected chi connectivity index (χ1v) is 10.0. The quantitative estimate of drug-likeness (QED) is 0.632. The summed E-state index contributed by atoms with van der Waals surface area (Å²) in [6.45, 7) is 2.90. The van der Waals surface area contributed by atoms with Crippen molar-refractivity contribution < 1.29 is 31.5 Å². The summed E-state index contributed by atoms with van der Waals surface area (Å²) < 4.78 is 56.9. The lowest BCUT2D eigenvalue weighted by Crippen LogP contribution is -2.28. The van der Waals surface area contributed by atoms with E-state index >= 15 is 0 Å². The van der Waals surface area contributed by atoms with Crippen molar-refractivity contribution in [2.24, 2.45) is 0 Å². The molecule has 0 aliphatic carbocycles. The van der Waals surface area contributed by atoms with Gasteiger partial charge in [-0.1, -0.05) is 6.07 Å². The molecule has 0 aliphatic heterocycles. The van der Waals surface area contributed by atoms with Gasteiger partial charge in [-0.2, -0.15) is 0 Å². The van der Waals surface area contributed by atoms with Crippen LogP contribution in [0.3, 0.4) is 0 Å². The first-order chi connectivity index (χ1) is 13.6. The van der Waals surface area contributed by atoms with Gasteiger partial charge in [-0.15, -0.1) is 0 Å². The molecule has 0 atom stereocenters. The molecule has 0 radical (unpaired) electrons. The molecule has 0 unspecified atom stereocenters. The highest BCUT2D eigenvalue weighted by Crippen LogP contribution is 2.14. The van der Waals surface area contributed by atoms with Gasteiger partial charge in [-0.25, -0.2) is 21.9 Å². The minimum atomic E-state index is -4.12. The van der Waals surface area contributed by atoms with E-state index in [0.29, 0.717) is 17.8 Å². The maximum atomic E-state index is 13.2. The molecule has 0 aliphatic rings. The molecular weight excluding hydrogens is 406 g/mol. The molecule has 1 amide bonds. The Morgan fingerprint density at radius 1 is 1.00 bits per heavy atom. The van der Waals surface area contributed by atoms with Crippen LogP contribution >= 0.6 is 0 Å². The molecule has 156 valence electrons. The SMILES string of the molecule is Cc1cc(C)cc(NC(=O)COC(=O)CCNS(=O)(=O)c2ccc(F)c(F)c2)c1. The number of amides is 1. The molecule has 0 saturated heterocycles. The van der Waals surface area contributed by atoms with Gasteiger partial charge in [0, 0.05) is 12.2 Å². The Bertz CT molecular complexity index is 1010. The van der Waals surface area contributed by atoms with Crippen LogP contribution < -0.4 is 10.0 Å². The number of sulfonamides is 1. The molecule has 0 fully saturated rings. The minimum Gasteiger partial charge on any atom is -0.456 e.